The van der Waals surface area contributed by atoms with Crippen LogP contribution in [0.1, 0.15) is 23.2 Å². The number of aromatic nitrogens is 2. The summed E-state index contributed by atoms with van der Waals surface area (Å²) >= 11 is 0. The minimum atomic E-state index is -0.137. The van der Waals surface area contributed by atoms with Gasteiger partial charge in [-0.15, -0.1) is 12.4 Å². The van der Waals surface area contributed by atoms with E-state index >= 15 is 0 Å². The monoisotopic (exact) mass is 292 g/mol. The largest absolute Gasteiger partial charge is 0.350 e. The number of benzene rings is 1. The molecule has 6 heteroatoms. The number of nitrogens with two attached hydrogens (primary N) is 1. The Kier molecular flexibility index (Phi) is 4.52. The maximum atomic E-state index is 12.2. The zero-order valence-electron chi connectivity index (χ0n) is 11.0. The highest BCUT2D eigenvalue weighted by atomic mass is 35.5. The minimum absolute atomic E-state index is 0. The van der Waals surface area contributed by atoms with Crippen LogP contribution >= 0.6 is 12.4 Å². The normalized spacial score (nSPS) is 15.4. The maximum Gasteiger partial charge on any atom is 0.253 e. The molecule has 0 bridgehead atoms. The van der Waals surface area contributed by atoms with Gasteiger partial charge >= 0.3 is 0 Å². The fourth-order valence-corrected chi connectivity index (χ4v) is 2.17. The number of nitrogens with one attached hydrogen (secondary N) is 1. The Morgan fingerprint density at radius 1 is 1.35 bits per heavy atom. The highest BCUT2D eigenvalue weighted by molar-refractivity contribution is 6.04. The molecular formula is C14H17ClN4O. The van der Waals surface area contributed by atoms with Gasteiger partial charge in [0, 0.05) is 25.0 Å². The molecule has 1 amide bonds. The van der Waals surface area contributed by atoms with Crippen LogP contribution < -0.4 is 11.1 Å². The molecular weight excluding hydrogens is 276 g/mol. The van der Waals surface area contributed by atoms with Crippen LogP contribution in [-0.4, -0.2) is 28.5 Å². The fraction of sp³-hybridized carbons (Fsp3) is 0.357. The summed E-state index contributed by atoms with van der Waals surface area (Å²) in [5.41, 5.74) is 7.88. The Hall–Kier alpha value is -1.72. The van der Waals surface area contributed by atoms with Crippen LogP contribution in [0.25, 0.3) is 11.0 Å². The summed E-state index contributed by atoms with van der Waals surface area (Å²) in [6.45, 7) is 0.514. The number of hydrogen-bond acceptors (Lipinski definition) is 4. The van der Waals surface area contributed by atoms with E-state index in [9.17, 15) is 4.79 Å². The molecule has 1 unspecified atom stereocenters. The van der Waals surface area contributed by atoms with Crippen LogP contribution in [0.4, 0.5) is 0 Å². The maximum absolute atomic E-state index is 12.2. The molecule has 1 aromatic heterocycles. The Balaban J connectivity index is 0.00000147. The lowest BCUT2D eigenvalue weighted by Crippen LogP contribution is -2.38. The molecule has 1 aromatic carbocycles. The molecule has 1 atom stereocenters. The molecule has 0 aliphatic heterocycles. The van der Waals surface area contributed by atoms with Gasteiger partial charge in [0.1, 0.15) is 5.52 Å². The van der Waals surface area contributed by atoms with Crippen LogP contribution in [0, 0.1) is 5.92 Å². The molecule has 1 aliphatic rings. The molecule has 3 N–H and O–H groups in total. The second kappa shape index (κ2) is 6.15. The zero-order valence-corrected chi connectivity index (χ0v) is 11.8. The van der Waals surface area contributed by atoms with Crippen molar-refractivity contribution in [2.75, 3.05) is 6.54 Å². The van der Waals surface area contributed by atoms with Gasteiger partial charge in [0.05, 0.1) is 11.1 Å². The van der Waals surface area contributed by atoms with Crippen molar-refractivity contribution in [3.8, 4) is 0 Å². The van der Waals surface area contributed by atoms with Gasteiger partial charge in [-0.3, -0.25) is 14.8 Å². The number of carbonyl (C=O) groups is 1. The van der Waals surface area contributed by atoms with E-state index in [-0.39, 0.29) is 24.4 Å². The van der Waals surface area contributed by atoms with Crippen molar-refractivity contribution in [2.45, 2.75) is 18.9 Å². The van der Waals surface area contributed by atoms with Crippen molar-refractivity contribution in [2.24, 2.45) is 11.7 Å². The third kappa shape index (κ3) is 3.05. The molecule has 3 rings (SSSR count). The van der Waals surface area contributed by atoms with E-state index < -0.39 is 0 Å². The van der Waals surface area contributed by atoms with E-state index in [4.69, 9.17) is 5.73 Å². The molecule has 106 valence electrons. The smallest absolute Gasteiger partial charge is 0.253 e. The van der Waals surface area contributed by atoms with Crippen LogP contribution in [0.5, 0.6) is 0 Å². The number of fused-ring (bicyclic) bond motifs is 1. The summed E-state index contributed by atoms with van der Waals surface area (Å²) in [6, 6.07) is 5.47. The van der Waals surface area contributed by atoms with Crippen LogP contribution in [0.2, 0.25) is 0 Å². The Bertz CT molecular complexity index is 610. The van der Waals surface area contributed by atoms with Crippen molar-refractivity contribution in [3.63, 3.8) is 0 Å². The number of rotatable bonds is 4. The first-order chi connectivity index (χ1) is 9.25. The lowest BCUT2D eigenvalue weighted by atomic mass is 10.1. The van der Waals surface area contributed by atoms with Gasteiger partial charge in [0.25, 0.3) is 5.91 Å². The van der Waals surface area contributed by atoms with E-state index in [1.807, 2.05) is 12.1 Å². The van der Waals surface area contributed by atoms with E-state index in [1.54, 1.807) is 18.5 Å². The number of nitrogens with zero attached hydrogens (tertiary/aromatic N) is 2. The topological polar surface area (TPSA) is 80.9 Å². The van der Waals surface area contributed by atoms with E-state index in [1.165, 1.54) is 12.8 Å². The first-order valence-corrected chi connectivity index (χ1v) is 6.49. The lowest BCUT2D eigenvalue weighted by Gasteiger charge is -2.12. The summed E-state index contributed by atoms with van der Waals surface area (Å²) in [6.07, 6.45) is 5.57. The summed E-state index contributed by atoms with van der Waals surface area (Å²) in [4.78, 5) is 20.6. The second-order valence-electron chi connectivity index (χ2n) is 4.94. The summed E-state index contributed by atoms with van der Waals surface area (Å²) in [7, 11) is 0. The zero-order chi connectivity index (χ0) is 13.2. The summed E-state index contributed by atoms with van der Waals surface area (Å²) < 4.78 is 0. The van der Waals surface area contributed by atoms with E-state index in [2.05, 4.69) is 15.3 Å². The summed E-state index contributed by atoms with van der Waals surface area (Å²) in [5.74, 6) is 0.440. The Morgan fingerprint density at radius 3 is 2.85 bits per heavy atom. The third-order valence-corrected chi connectivity index (χ3v) is 3.47. The lowest BCUT2D eigenvalue weighted by molar-refractivity contribution is 0.0952. The molecule has 2 aromatic rings. The van der Waals surface area contributed by atoms with Gasteiger partial charge in [0.15, 0.2) is 0 Å². The van der Waals surface area contributed by atoms with Gasteiger partial charge in [-0.05, 0) is 30.9 Å². The third-order valence-electron chi connectivity index (χ3n) is 3.47. The molecule has 0 spiro atoms. The van der Waals surface area contributed by atoms with Crippen molar-refractivity contribution in [1.82, 2.24) is 15.3 Å². The second-order valence-corrected chi connectivity index (χ2v) is 4.94. The van der Waals surface area contributed by atoms with Gasteiger partial charge < -0.3 is 11.1 Å². The molecule has 1 fully saturated rings. The van der Waals surface area contributed by atoms with Crippen molar-refractivity contribution in [1.29, 1.82) is 0 Å². The van der Waals surface area contributed by atoms with Gasteiger partial charge in [-0.2, -0.15) is 0 Å². The van der Waals surface area contributed by atoms with Crippen LogP contribution in [0.3, 0.4) is 0 Å². The molecule has 20 heavy (non-hydrogen) atoms. The number of amides is 1. The summed E-state index contributed by atoms with van der Waals surface area (Å²) in [5, 5.41) is 2.88. The molecule has 1 aliphatic carbocycles. The Morgan fingerprint density at radius 2 is 2.10 bits per heavy atom. The first-order valence-electron chi connectivity index (χ1n) is 6.49. The van der Waals surface area contributed by atoms with Crippen molar-refractivity contribution in [3.05, 3.63) is 36.2 Å². The van der Waals surface area contributed by atoms with E-state index in [0.29, 0.717) is 23.5 Å². The highest BCUT2D eigenvalue weighted by Crippen LogP contribution is 2.31. The molecule has 1 saturated carbocycles. The van der Waals surface area contributed by atoms with Crippen LogP contribution in [-0.2, 0) is 0 Å². The average molecular weight is 293 g/mol. The molecule has 0 saturated heterocycles. The number of carbonyl (C=O) groups excluding carboxylic acids is 1. The molecule has 0 radical (unpaired) electrons. The predicted octanol–water partition coefficient (Wildman–Crippen LogP) is 1.52. The van der Waals surface area contributed by atoms with Crippen molar-refractivity contribution < 1.29 is 4.79 Å². The predicted molar refractivity (Wildman–Crippen MR) is 79.8 cm³/mol. The van der Waals surface area contributed by atoms with Gasteiger partial charge in [-0.25, -0.2) is 0 Å². The Labute approximate surface area is 123 Å². The minimum Gasteiger partial charge on any atom is -0.350 e. The average Bonchev–Trinajstić information content (AvgIpc) is 3.28. The standard InChI is InChI=1S/C14H16N4O.ClH/c15-11(9-4-5-9)8-18-14(19)10-2-1-3-12-13(10)17-7-6-16-12;/h1-3,6-7,9,11H,4-5,8,15H2,(H,18,19);1H. The van der Waals surface area contributed by atoms with Gasteiger partial charge in [-0.1, -0.05) is 6.07 Å². The number of hydrogen-bond donors (Lipinski definition) is 2. The number of para-hydroxylation sites is 1. The van der Waals surface area contributed by atoms with E-state index in [0.717, 1.165) is 5.52 Å². The quantitative estimate of drug-likeness (QED) is 0.895. The van der Waals surface area contributed by atoms with Crippen molar-refractivity contribution >= 4 is 29.3 Å². The van der Waals surface area contributed by atoms with Gasteiger partial charge in [0.2, 0.25) is 0 Å². The molecule has 5 nitrogen and oxygen atoms in total. The number of halogens is 1. The SMILES string of the molecule is Cl.NC(CNC(=O)c1cccc2nccnc12)C1CC1. The fourth-order valence-electron chi connectivity index (χ4n) is 2.17. The van der Waals surface area contributed by atoms with Crippen LogP contribution in [0.15, 0.2) is 30.6 Å². The highest BCUT2D eigenvalue weighted by Gasteiger charge is 2.28. The molecule has 1 heterocycles. The first kappa shape index (κ1) is 14.7.